The Balaban J connectivity index is 2.91. The van der Waals surface area contributed by atoms with Gasteiger partial charge in [-0.15, -0.1) is 0 Å². The van der Waals surface area contributed by atoms with Crippen LogP contribution in [0.25, 0.3) is 0 Å². The smallest absolute Gasteiger partial charge is 0.243 e. The molecule has 0 unspecified atom stereocenters. The van der Waals surface area contributed by atoms with Crippen molar-refractivity contribution in [1.82, 2.24) is 0 Å². The number of primary amides is 1. The minimum Gasteiger partial charge on any atom is -0.379 e. The molecule has 0 atom stereocenters. The Hall–Kier alpha value is -0.690. The molecule has 6 nitrogen and oxygen atoms in total. The lowest BCUT2D eigenvalue weighted by atomic mass is 10.5. The van der Waals surface area contributed by atoms with Gasteiger partial charge < -0.3 is 24.7 Å². The Bertz CT molecular complexity index is 177. The fourth-order valence-electron chi connectivity index (χ4n) is 1.02. The average molecular weight is 249 g/mol. The maximum atomic E-state index is 10.3. The second-order valence-corrected chi connectivity index (χ2v) is 3.29. The van der Waals surface area contributed by atoms with E-state index in [1.54, 1.807) is 0 Å². The van der Waals surface area contributed by atoms with Gasteiger partial charge >= 0.3 is 0 Å². The summed E-state index contributed by atoms with van der Waals surface area (Å²) in [4.78, 5) is 10.3. The van der Waals surface area contributed by atoms with Crippen LogP contribution in [-0.4, -0.2) is 58.8 Å². The van der Waals surface area contributed by atoms with Gasteiger partial charge in [-0.2, -0.15) is 0 Å². The quantitative estimate of drug-likeness (QED) is 0.463. The van der Waals surface area contributed by atoms with E-state index in [0.29, 0.717) is 46.2 Å². The summed E-state index contributed by atoms with van der Waals surface area (Å²) in [6.45, 7) is 6.05. The lowest BCUT2D eigenvalue weighted by molar-refractivity contribution is -0.122. The second-order valence-electron chi connectivity index (χ2n) is 3.29. The molecule has 0 spiro atoms. The van der Waals surface area contributed by atoms with Crippen molar-refractivity contribution < 1.29 is 23.7 Å². The number of carbonyl (C=O) groups excluding carboxylic acids is 1. The van der Waals surface area contributed by atoms with Gasteiger partial charge in [0.2, 0.25) is 5.91 Å². The maximum Gasteiger partial charge on any atom is 0.243 e. The summed E-state index contributed by atoms with van der Waals surface area (Å²) >= 11 is 0. The molecule has 17 heavy (non-hydrogen) atoms. The highest BCUT2D eigenvalue weighted by Gasteiger charge is 1.94. The van der Waals surface area contributed by atoms with Gasteiger partial charge in [0.15, 0.2) is 0 Å². The van der Waals surface area contributed by atoms with E-state index in [2.05, 4.69) is 0 Å². The van der Waals surface area contributed by atoms with Crippen LogP contribution in [0, 0.1) is 0 Å². The van der Waals surface area contributed by atoms with E-state index in [1.807, 2.05) is 6.92 Å². The monoisotopic (exact) mass is 249 g/mol. The third kappa shape index (κ3) is 15.3. The molecule has 0 aromatic rings. The van der Waals surface area contributed by atoms with Crippen LogP contribution in [0.5, 0.6) is 0 Å². The number of ether oxygens (including phenoxy) is 4. The molecular formula is C11H23NO5. The zero-order chi connectivity index (χ0) is 12.8. The van der Waals surface area contributed by atoms with Crippen molar-refractivity contribution in [3.8, 4) is 0 Å². The number of carbonyl (C=O) groups is 1. The first-order valence-corrected chi connectivity index (χ1v) is 5.86. The summed E-state index contributed by atoms with van der Waals surface area (Å²) in [6.07, 6.45) is 0.742. The summed E-state index contributed by atoms with van der Waals surface area (Å²) in [5.74, 6) is -0.450. The lowest BCUT2D eigenvalue weighted by Crippen LogP contribution is -2.18. The van der Waals surface area contributed by atoms with E-state index in [-0.39, 0.29) is 6.61 Å². The summed E-state index contributed by atoms with van der Waals surface area (Å²) in [6, 6.07) is 0. The van der Waals surface area contributed by atoms with E-state index >= 15 is 0 Å². The number of hydrogen-bond acceptors (Lipinski definition) is 5. The van der Waals surface area contributed by atoms with Gasteiger partial charge in [-0.3, -0.25) is 4.79 Å². The van der Waals surface area contributed by atoms with Crippen molar-refractivity contribution in [3.05, 3.63) is 0 Å². The van der Waals surface area contributed by atoms with Crippen molar-refractivity contribution in [2.24, 2.45) is 5.73 Å². The number of amides is 1. The topological polar surface area (TPSA) is 80.0 Å². The van der Waals surface area contributed by atoms with Crippen LogP contribution in [0.3, 0.4) is 0 Å². The molecule has 0 saturated heterocycles. The number of hydrogen-bond donors (Lipinski definition) is 1. The van der Waals surface area contributed by atoms with Gasteiger partial charge in [-0.25, -0.2) is 0 Å². The van der Waals surface area contributed by atoms with Crippen molar-refractivity contribution >= 4 is 5.91 Å². The normalized spacial score (nSPS) is 10.6. The minimum absolute atomic E-state index is 0.0272. The van der Waals surface area contributed by atoms with Crippen molar-refractivity contribution in [2.45, 2.75) is 13.3 Å². The van der Waals surface area contributed by atoms with Gasteiger partial charge in [0.05, 0.1) is 26.4 Å². The van der Waals surface area contributed by atoms with Gasteiger partial charge in [-0.1, -0.05) is 0 Å². The highest BCUT2D eigenvalue weighted by Crippen LogP contribution is 1.86. The van der Waals surface area contributed by atoms with Crippen LogP contribution in [0.2, 0.25) is 0 Å². The third-order valence-electron chi connectivity index (χ3n) is 1.77. The molecule has 102 valence electrons. The van der Waals surface area contributed by atoms with E-state index in [4.69, 9.17) is 24.7 Å². The van der Waals surface area contributed by atoms with E-state index < -0.39 is 5.91 Å². The standard InChI is InChI=1S/C11H23NO5/c1-2-14-6-7-16-9-8-15-4-3-5-17-10-11(12)13/h2-10H2,1H3,(H2,12,13). The molecule has 1 amide bonds. The van der Waals surface area contributed by atoms with Crippen molar-refractivity contribution in [3.63, 3.8) is 0 Å². The molecule has 6 heteroatoms. The lowest BCUT2D eigenvalue weighted by Gasteiger charge is -2.06. The third-order valence-corrected chi connectivity index (χ3v) is 1.77. The summed E-state index contributed by atoms with van der Waals surface area (Å²) in [5, 5.41) is 0. The fourth-order valence-corrected chi connectivity index (χ4v) is 1.02. The van der Waals surface area contributed by atoms with E-state index in [0.717, 1.165) is 6.42 Å². The van der Waals surface area contributed by atoms with Crippen molar-refractivity contribution in [1.29, 1.82) is 0 Å². The number of nitrogens with two attached hydrogens (primary N) is 1. The van der Waals surface area contributed by atoms with Crippen LogP contribution in [0.1, 0.15) is 13.3 Å². The largest absolute Gasteiger partial charge is 0.379 e. The van der Waals surface area contributed by atoms with Gasteiger partial charge in [0, 0.05) is 19.8 Å². The molecule has 0 bridgehead atoms. The molecule has 0 aliphatic rings. The Labute approximate surface area is 102 Å². The Morgan fingerprint density at radius 3 is 2.00 bits per heavy atom. The highest BCUT2D eigenvalue weighted by molar-refractivity contribution is 5.74. The predicted molar refractivity (Wildman–Crippen MR) is 62.8 cm³/mol. The molecule has 0 aliphatic carbocycles. The van der Waals surface area contributed by atoms with Gasteiger partial charge in [-0.05, 0) is 13.3 Å². The summed E-state index contributed by atoms with van der Waals surface area (Å²) in [5.41, 5.74) is 4.90. The first kappa shape index (κ1) is 16.3. The Kier molecular flexibility index (Phi) is 12.8. The van der Waals surface area contributed by atoms with Crippen LogP contribution >= 0.6 is 0 Å². The average Bonchev–Trinajstić information content (AvgIpc) is 2.30. The van der Waals surface area contributed by atoms with E-state index in [9.17, 15) is 4.79 Å². The zero-order valence-corrected chi connectivity index (χ0v) is 10.5. The first-order valence-electron chi connectivity index (χ1n) is 5.86. The molecule has 0 rings (SSSR count). The van der Waals surface area contributed by atoms with Gasteiger partial charge in [0.1, 0.15) is 6.61 Å². The van der Waals surface area contributed by atoms with Crippen LogP contribution in [-0.2, 0) is 23.7 Å². The SMILES string of the molecule is CCOCCOCCOCCCOCC(N)=O. The molecular weight excluding hydrogens is 226 g/mol. The molecule has 0 aromatic heterocycles. The van der Waals surface area contributed by atoms with E-state index in [1.165, 1.54) is 0 Å². The van der Waals surface area contributed by atoms with Crippen LogP contribution < -0.4 is 5.73 Å². The zero-order valence-electron chi connectivity index (χ0n) is 10.5. The number of rotatable bonds is 13. The Morgan fingerprint density at radius 1 is 0.882 bits per heavy atom. The fraction of sp³-hybridized carbons (Fsp3) is 0.909. The molecule has 0 aromatic carbocycles. The van der Waals surface area contributed by atoms with Gasteiger partial charge in [0.25, 0.3) is 0 Å². The summed E-state index contributed by atoms with van der Waals surface area (Å²) < 4.78 is 20.6. The molecule has 0 heterocycles. The molecule has 0 radical (unpaired) electrons. The summed E-state index contributed by atoms with van der Waals surface area (Å²) in [7, 11) is 0. The minimum atomic E-state index is -0.450. The molecule has 2 N–H and O–H groups in total. The van der Waals surface area contributed by atoms with Crippen LogP contribution in [0.4, 0.5) is 0 Å². The maximum absolute atomic E-state index is 10.3. The first-order chi connectivity index (χ1) is 8.27. The highest BCUT2D eigenvalue weighted by atomic mass is 16.5. The predicted octanol–water partition coefficient (Wildman–Crippen LogP) is -0.0519. The molecule has 0 fully saturated rings. The van der Waals surface area contributed by atoms with Crippen LogP contribution in [0.15, 0.2) is 0 Å². The Morgan fingerprint density at radius 2 is 1.41 bits per heavy atom. The molecule has 0 saturated carbocycles. The second kappa shape index (κ2) is 13.4. The van der Waals surface area contributed by atoms with Crippen molar-refractivity contribution in [2.75, 3.05) is 52.9 Å². The molecule has 0 aliphatic heterocycles.